The third kappa shape index (κ3) is 13.5. The van der Waals surface area contributed by atoms with Crippen LogP contribution >= 0.6 is 22.7 Å². The summed E-state index contributed by atoms with van der Waals surface area (Å²) in [5.74, 6) is 0.666. The van der Waals surface area contributed by atoms with Gasteiger partial charge in [0.05, 0.1) is 74.2 Å². The maximum Gasteiger partial charge on any atom is 0.264 e. The number of hydrogen-bond donors (Lipinski definition) is 2. The largest absolute Gasteiger partial charge is 0.493 e. The summed E-state index contributed by atoms with van der Waals surface area (Å²) in [6.07, 6.45) is 9.86. The zero-order valence-corrected chi connectivity index (χ0v) is 51.6. The molecule has 2 aromatic heterocycles. The molecule has 86 heavy (non-hydrogen) atoms. The van der Waals surface area contributed by atoms with E-state index in [4.69, 9.17) is 18.9 Å². The molecule has 11 rings (SSSR count). The Kier molecular flexibility index (Phi) is 21.0. The molecule has 5 aliphatic rings. The molecule has 4 aromatic carbocycles. The first kappa shape index (κ1) is 63.6. The maximum absolute atomic E-state index is 14.3. The highest BCUT2D eigenvalue weighted by molar-refractivity contribution is 7.91. The van der Waals surface area contributed by atoms with Crippen molar-refractivity contribution in [2.75, 3.05) is 90.6 Å². The normalized spacial score (nSPS) is 17.2. The number of fused-ring (bicyclic) bond motifs is 2. The fourth-order valence-corrected chi connectivity index (χ4v) is 16.6. The van der Waals surface area contributed by atoms with Gasteiger partial charge in [0, 0.05) is 58.4 Å². The molecule has 1 aliphatic carbocycles. The summed E-state index contributed by atoms with van der Waals surface area (Å²) in [6, 6.07) is 27.6. The van der Waals surface area contributed by atoms with E-state index < -0.39 is 32.1 Å². The van der Waals surface area contributed by atoms with E-state index in [9.17, 15) is 36.0 Å². The first-order valence-corrected chi connectivity index (χ1v) is 33.7. The van der Waals surface area contributed by atoms with Gasteiger partial charge in [0.1, 0.15) is 8.42 Å². The van der Waals surface area contributed by atoms with Gasteiger partial charge in [-0.1, -0.05) is 56.7 Å². The SMILES string of the molecule is C.COc1ccc([C@@H](CCCNS(=O)(=O)c2cccs2)N2C(=O)c3cccc(N4CCCCC4)c3C2=O)cc1OC.COc1ccc([C@@H](CCCNS(=O)(=O)c2cccs2)N2C(=O)c3cccc(N4CCN(C5CCCC5)CC4)c3C2=O)cc1OC. The van der Waals surface area contributed by atoms with Crippen molar-refractivity contribution in [2.45, 2.75) is 105 Å². The minimum absolute atomic E-state index is 0. The summed E-state index contributed by atoms with van der Waals surface area (Å²) >= 11 is 2.30. The number of methoxy groups -OCH3 is 4. The Labute approximate surface area is 513 Å². The Bertz CT molecular complexity index is 3580. The number of benzene rings is 4. The molecule has 6 aromatic rings. The van der Waals surface area contributed by atoms with Crippen LogP contribution in [0.3, 0.4) is 0 Å². The number of carbonyl (C=O) groups is 4. The van der Waals surface area contributed by atoms with Gasteiger partial charge in [0.2, 0.25) is 20.0 Å². The molecule has 4 aliphatic heterocycles. The lowest BCUT2D eigenvalue weighted by Gasteiger charge is -2.39. The number of piperidine rings is 1. The van der Waals surface area contributed by atoms with Crippen molar-refractivity contribution in [3.05, 3.63) is 141 Å². The molecule has 3 fully saturated rings. The molecule has 1 saturated carbocycles. The van der Waals surface area contributed by atoms with Crippen molar-refractivity contribution in [3.8, 4) is 23.0 Å². The fourth-order valence-electron chi connectivity index (χ4n) is 12.4. The highest BCUT2D eigenvalue weighted by Crippen LogP contribution is 2.43. The van der Waals surface area contributed by atoms with Crippen molar-refractivity contribution < 1.29 is 55.0 Å². The highest BCUT2D eigenvalue weighted by Gasteiger charge is 2.45. The second-order valence-corrected chi connectivity index (χ2v) is 27.5. The summed E-state index contributed by atoms with van der Waals surface area (Å²) in [7, 11) is -1.10. The van der Waals surface area contributed by atoms with Gasteiger partial charge in [-0.3, -0.25) is 33.9 Å². The standard InChI is InChI=1S/C33H40N4O6S2.C29H33N3O6S2.CH4/c1-42-28-15-14-23(22-29(28)43-2)26(12-6-16-34-45(40,41)30-13-7-21-44-30)37-32(38)25-10-5-11-27(31(25)33(37)39)36-19-17-35(18-20-36)24-8-3-4-9-24;1-37-24-14-13-20(19-25(24)38-2)22(11-7-15-30-40(35,36)26-12-8-18-39-26)32-28(33)21-9-6-10-23(27(21)29(32)34)31-16-4-3-5-17-31;/h5,7,10-11,13-15,21-22,24,26,34H,3-4,6,8-9,12,16-20H2,1-2H3;6,8-10,12-14,18-19,22,30H,3-5,7,11,15-17H2,1-2H3;1H4/t26-;22-;/m11./s1. The summed E-state index contributed by atoms with van der Waals surface area (Å²) in [5, 5.41) is 3.43. The van der Waals surface area contributed by atoms with Gasteiger partial charge >= 0.3 is 0 Å². The Morgan fingerprint density at radius 2 is 0.930 bits per heavy atom. The number of piperazine rings is 1. The molecule has 0 radical (unpaired) electrons. The number of sulfonamides is 2. The summed E-state index contributed by atoms with van der Waals surface area (Å²) in [6.45, 7) is 5.50. The lowest BCUT2D eigenvalue weighted by Crippen LogP contribution is -2.50. The van der Waals surface area contributed by atoms with E-state index in [-0.39, 0.29) is 52.6 Å². The van der Waals surface area contributed by atoms with Crippen molar-refractivity contribution >= 4 is 77.7 Å². The van der Waals surface area contributed by atoms with Gasteiger partial charge in [-0.2, -0.15) is 0 Å². The van der Waals surface area contributed by atoms with E-state index in [0.29, 0.717) is 88.1 Å². The zero-order valence-electron chi connectivity index (χ0n) is 48.3. The van der Waals surface area contributed by atoms with Crippen molar-refractivity contribution in [1.82, 2.24) is 24.1 Å². The number of thiophene rings is 2. The Morgan fingerprint density at radius 3 is 1.34 bits per heavy atom. The van der Waals surface area contributed by atoms with Crippen molar-refractivity contribution in [2.24, 2.45) is 0 Å². The van der Waals surface area contributed by atoms with E-state index in [2.05, 4.69) is 24.1 Å². The molecule has 23 heteroatoms. The minimum atomic E-state index is -3.64. The zero-order chi connectivity index (χ0) is 59.8. The molecular formula is C63H77N7O12S4. The van der Waals surface area contributed by atoms with Gasteiger partial charge < -0.3 is 28.7 Å². The van der Waals surface area contributed by atoms with Gasteiger partial charge in [0.25, 0.3) is 23.6 Å². The molecule has 6 heterocycles. The molecule has 0 spiro atoms. The molecule has 2 N–H and O–H groups in total. The topological polar surface area (TPSA) is 214 Å². The van der Waals surface area contributed by atoms with Crippen LogP contribution in [0.1, 0.15) is 143 Å². The van der Waals surface area contributed by atoms with E-state index in [1.54, 1.807) is 85.6 Å². The van der Waals surface area contributed by atoms with Crippen LogP contribution in [0.25, 0.3) is 0 Å². The number of amides is 4. The van der Waals surface area contributed by atoms with Crippen LogP contribution in [0.2, 0.25) is 0 Å². The predicted octanol–water partition coefficient (Wildman–Crippen LogP) is 10.4. The highest BCUT2D eigenvalue weighted by atomic mass is 32.3. The second-order valence-electron chi connectivity index (χ2n) is 21.6. The molecule has 460 valence electrons. The molecule has 2 saturated heterocycles. The quantitative estimate of drug-likeness (QED) is 0.0451. The van der Waals surface area contributed by atoms with Crippen LogP contribution in [-0.2, 0) is 20.0 Å². The third-order valence-electron chi connectivity index (χ3n) is 16.7. The van der Waals surface area contributed by atoms with Crippen LogP contribution < -0.4 is 38.2 Å². The lowest BCUT2D eigenvalue weighted by atomic mass is 9.99. The van der Waals surface area contributed by atoms with E-state index >= 15 is 0 Å². The van der Waals surface area contributed by atoms with Crippen molar-refractivity contribution in [3.63, 3.8) is 0 Å². The van der Waals surface area contributed by atoms with Crippen LogP contribution in [-0.4, -0.2) is 142 Å². The van der Waals surface area contributed by atoms with Crippen molar-refractivity contribution in [1.29, 1.82) is 0 Å². The summed E-state index contributed by atoms with van der Waals surface area (Å²) in [4.78, 5) is 65.8. The smallest absolute Gasteiger partial charge is 0.264 e. The van der Waals surface area contributed by atoms with E-state index in [1.807, 2.05) is 36.4 Å². The van der Waals surface area contributed by atoms with Crippen LogP contribution in [0.5, 0.6) is 23.0 Å². The number of rotatable bonds is 23. The number of ether oxygens (including phenoxy) is 4. The van der Waals surface area contributed by atoms with Crippen LogP contribution in [0, 0.1) is 0 Å². The first-order valence-electron chi connectivity index (χ1n) is 28.9. The Morgan fingerprint density at radius 1 is 0.500 bits per heavy atom. The predicted molar refractivity (Wildman–Crippen MR) is 335 cm³/mol. The Hall–Kier alpha value is -6.86. The number of nitrogens with one attached hydrogen (secondary N) is 2. The number of imide groups is 2. The van der Waals surface area contributed by atoms with Gasteiger partial charge in [0.15, 0.2) is 23.0 Å². The average molecular weight is 1250 g/mol. The lowest BCUT2D eigenvalue weighted by molar-refractivity contribution is 0.0557. The minimum Gasteiger partial charge on any atom is -0.493 e. The van der Waals surface area contributed by atoms with Crippen LogP contribution in [0.4, 0.5) is 11.4 Å². The molecule has 0 unspecified atom stereocenters. The first-order chi connectivity index (χ1) is 41.2. The monoisotopic (exact) mass is 1250 g/mol. The molecule has 4 amide bonds. The molecule has 19 nitrogen and oxygen atoms in total. The van der Waals surface area contributed by atoms with Gasteiger partial charge in [-0.15, -0.1) is 22.7 Å². The van der Waals surface area contributed by atoms with Gasteiger partial charge in [-0.25, -0.2) is 26.3 Å². The number of hydrogen-bond acceptors (Lipinski definition) is 17. The Balaban J connectivity index is 0.000000205. The second kappa shape index (κ2) is 28.3. The van der Waals surface area contributed by atoms with E-state index in [0.717, 1.165) is 92.6 Å². The third-order valence-corrected chi connectivity index (χ3v) is 22.4. The molecular weight excluding hydrogens is 1170 g/mol. The fraction of sp³-hybridized carbons (Fsp3) is 0.429. The van der Waals surface area contributed by atoms with Gasteiger partial charge in [-0.05, 0) is 140 Å². The number of carbonyl (C=O) groups excluding carboxylic acids is 4. The average Bonchev–Trinajstić information content (AvgIpc) is 2.76. The number of nitrogens with zero attached hydrogens (tertiary/aromatic N) is 5. The van der Waals surface area contributed by atoms with E-state index in [1.165, 1.54) is 49.7 Å². The summed E-state index contributed by atoms with van der Waals surface area (Å²) < 4.78 is 78.2. The number of anilines is 2. The summed E-state index contributed by atoms with van der Waals surface area (Å²) in [5.41, 5.74) is 4.69. The van der Waals surface area contributed by atoms with Crippen LogP contribution in [0.15, 0.2) is 116 Å². The maximum atomic E-state index is 14.3. The molecule has 2 atom stereocenters. The molecule has 0 bridgehead atoms.